The number of carbonyl (C=O) groups is 1. The highest BCUT2D eigenvalue weighted by Gasteiger charge is 2.27. The van der Waals surface area contributed by atoms with Gasteiger partial charge in [-0.1, -0.05) is 36.4 Å². The van der Waals surface area contributed by atoms with Gasteiger partial charge in [0.2, 0.25) is 5.91 Å². The summed E-state index contributed by atoms with van der Waals surface area (Å²) in [5.74, 6) is 0.968. The van der Waals surface area contributed by atoms with Gasteiger partial charge >= 0.3 is 0 Å². The van der Waals surface area contributed by atoms with Crippen molar-refractivity contribution < 1.29 is 9.53 Å². The molecule has 3 aromatic rings. The first kappa shape index (κ1) is 19.2. The minimum Gasteiger partial charge on any atom is -0.496 e. The van der Waals surface area contributed by atoms with Crippen molar-refractivity contribution in [2.24, 2.45) is 0 Å². The molecule has 1 atom stereocenters. The van der Waals surface area contributed by atoms with E-state index in [2.05, 4.69) is 41.8 Å². The van der Waals surface area contributed by atoms with Crippen LogP contribution >= 0.6 is 0 Å². The van der Waals surface area contributed by atoms with E-state index in [4.69, 9.17) is 9.72 Å². The zero-order valence-corrected chi connectivity index (χ0v) is 17.3. The van der Waals surface area contributed by atoms with Crippen LogP contribution in [0.1, 0.15) is 31.4 Å². The van der Waals surface area contributed by atoms with Gasteiger partial charge in [0.15, 0.2) is 0 Å². The fraction of sp³-hybridized carbons (Fsp3) is 0.333. The van der Waals surface area contributed by atoms with E-state index in [0.29, 0.717) is 6.54 Å². The van der Waals surface area contributed by atoms with E-state index < -0.39 is 0 Å². The van der Waals surface area contributed by atoms with E-state index in [1.54, 1.807) is 14.0 Å². The van der Waals surface area contributed by atoms with E-state index in [0.717, 1.165) is 53.2 Å². The molecule has 1 aromatic heterocycles. The molecule has 0 saturated carbocycles. The zero-order chi connectivity index (χ0) is 20.4. The topological polar surface area (TPSA) is 47.4 Å². The summed E-state index contributed by atoms with van der Waals surface area (Å²) < 4.78 is 7.98. The maximum absolute atomic E-state index is 12.0. The summed E-state index contributed by atoms with van der Waals surface area (Å²) in [5, 5.41) is 0. The van der Waals surface area contributed by atoms with Crippen LogP contribution in [0.25, 0.3) is 22.5 Å². The fourth-order valence-corrected chi connectivity index (χ4v) is 4.17. The number of piperidine rings is 1. The van der Waals surface area contributed by atoms with Crippen molar-refractivity contribution >= 4 is 5.91 Å². The normalized spacial score (nSPS) is 16.7. The number of aromatic nitrogens is 2. The number of likely N-dealkylation sites (tertiary alicyclic amines) is 1. The molecule has 29 heavy (non-hydrogen) atoms. The Labute approximate surface area is 171 Å². The van der Waals surface area contributed by atoms with Crippen LogP contribution < -0.4 is 4.74 Å². The van der Waals surface area contributed by atoms with Crippen LogP contribution in [-0.4, -0.2) is 40.6 Å². The van der Waals surface area contributed by atoms with Crippen LogP contribution in [0.4, 0.5) is 0 Å². The number of rotatable bonds is 4. The number of benzene rings is 2. The second-order valence-electron chi connectivity index (χ2n) is 7.68. The van der Waals surface area contributed by atoms with Gasteiger partial charge in [-0.05, 0) is 37.5 Å². The predicted molar refractivity (Wildman–Crippen MR) is 115 cm³/mol. The Kier molecular flexibility index (Phi) is 5.38. The highest BCUT2D eigenvalue weighted by Crippen LogP contribution is 2.40. The lowest BCUT2D eigenvalue weighted by Gasteiger charge is -2.33. The van der Waals surface area contributed by atoms with Gasteiger partial charge in [-0.2, -0.15) is 0 Å². The number of amides is 1. The third-order valence-electron chi connectivity index (χ3n) is 5.69. The van der Waals surface area contributed by atoms with Crippen LogP contribution in [0.15, 0.2) is 54.9 Å². The molecule has 0 unspecified atom stereocenters. The smallest absolute Gasteiger partial charge is 0.219 e. The molecule has 2 heterocycles. The Morgan fingerprint density at radius 3 is 2.69 bits per heavy atom. The minimum atomic E-state index is 0.132. The molecule has 2 aromatic carbocycles. The molecule has 1 amide bonds. The molecule has 1 aliphatic heterocycles. The lowest BCUT2D eigenvalue weighted by Crippen LogP contribution is -2.39. The monoisotopic (exact) mass is 389 g/mol. The number of nitrogens with zero attached hydrogens (tertiary/aromatic N) is 3. The molecule has 4 rings (SSSR count). The molecule has 0 spiro atoms. The first-order valence-electron chi connectivity index (χ1n) is 10.1. The van der Waals surface area contributed by atoms with Gasteiger partial charge in [-0.25, -0.2) is 4.98 Å². The zero-order valence-electron chi connectivity index (χ0n) is 17.3. The van der Waals surface area contributed by atoms with Crippen LogP contribution in [0.2, 0.25) is 0 Å². The largest absolute Gasteiger partial charge is 0.496 e. The number of hydrogen-bond donors (Lipinski definition) is 0. The Hall–Kier alpha value is -3.08. The summed E-state index contributed by atoms with van der Waals surface area (Å²) in [4.78, 5) is 18.7. The highest BCUT2D eigenvalue weighted by molar-refractivity contribution is 5.82. The maximum Gasteiger partial charge on any atom is 0.219 e. The van der Waals surface area contributed by atoms with E-state index in [1.165, 1.54) is 0 Å². The van der Waals surface area contributed by atoms with Crippen molar-refractivity contribution in [3.05, 3.63) is 60.4 Å². The lowest BCUT2D eigenvalue weighted by atomic mass is 10.00. The molecular weight excluding hydrogens is 362 g/mol. The van der Waals surface area contributed by atoms with Gasteiger partial charge < -0.3 is 14.2 Å². The van der Waals surface area contributed by atoms with Gasteiger partial charge in [0.25, 0.3) is 0 Å². The molecular formula is C24H27N3O2. The van der Waals surface area contributed by atoms with Gasteiger partial charge in [-0.15, -0.1) is 0 Å². The summed E-state index contributed by atoms with van der Waals surface area (Å²) >= 11 is 0. The first-order chi connectivity index (χ1) is 14.1. The molecule has 1 fully saturated rings. The van der Waals surface area contributed by atoms with Gasteiger partial charge in [0, 0.05) is 31.1 Å². The van der Waals surface area contributed by atoms with Crippen LogP contribution in [0.5, 0.6) is 5.75 Å². The van der Waals surface area contributed by atoms with E-state index in [-0.39, 0.29) is 11.9 Å². The highest BCUT2D eigenvalue weighted by atomic mass is 16.5. The second-order valence-corrected chi connectivity index (χ2v) is 7.68. The molecule has 150 valence electrons. The van der Waals surface area contributed by atoms with Crippen molar-refractivity contribution in [2.75, 3.05) is 20.2 Å². The number of ether oxygens (including phenoxy) is 1. The van der Waals surface area contributed by atoms with Gasteiger partial charge in [0.05, 0.1) is 30.9 Å². The van der Waals surface area contributed by atoms with Crippen LogP contribution in [0.3, 0.4) is 0 Å². The van der Waals surface area contributed by atoms with Crippen molar-refractivity contribution in [2.45, 2.75) is 32.7 Å². The van der Waals surface area contributed by atoms with E-state index in [1.807, 2.05) is 29.4 Å². The molecule has 5 heteroatoms. The van der Waals surface area contributed by atoms with Crippen molar-refractivity contribution in [1.82, 2.24) is 14.5 Å². The SMILES string of the molecule is COc1cc(C)ccc1-c1c(-c2ccccc2)ncn1[C@H]1CCCN(C(C)=O)C1. The number of imidazole rings is 1. The molecule has 0 radical (unpaired) electrons. The standard InChI is InChI=1S/C24H27N3O2/c1-17-11-12-21(22(14-17)29-3)24-23(19-8-5-4-6-9-19)25-16-27(24)20-10-7-13-26(15-20)18(2)28/h4-6,8-9,11-12,14,16,20H,7,10,13,15H2,1-3H3/t20-/m0/s1. The number of aryl methyl sites for hydroxylation is 1. The second kappa shape index (κ2) is 8.11. The number of carbonyl (C=O) groups excluding carboxylic acids is 1. The molecule has 0 aliphatic carbocycles. The van der Waals surface area contributed by atoms with E-state index >= 15 is 0 Å². The Balaban J connectivity index is 1.87. The van der Waals surface area contributed by atoms with Crippen molar-refractivity contribution in [3.63, 3.8) is 0 Å². The molecule has 0 bridgehead atoms. The van der Waals surface area contributed by atoms with Crippen LogP contribution in [-0.2, 0) is 4.79 Å². The Morgan fingerprint density at radius 1 is 1.17 bits per heavy atom. The predicted octanol–water partition coefficient (Wildman–Crippen LogP) is 4.72. The third kappa shape index (κ3) is 3.77. The van der Waals surface area contributed by atoms with Crippen LogP contribution in [0, 0.1) is 6.92 Å². The van der Waals surface area contributed by atoms with Gasteiger partial charge in [-0.3, -0.25) is 4.79 Å². The average Bonchev–Trinajstić information content (AvgIpc) is 3.19. The number of methoxy groups -OCH3 is 1. The minimum absolute atomic E-state index is 0.132. The molecule has 1 saturated heterocycles. The summed E-state index contributed by atoms with van der Waals surface area (Å²) in [6, 6.07) is 16.7. The van der Waals surface area contributed by atoms with Crippen molar-refractivity contribution in [3.8, 4) is 28.3 Å². The van der Waals surface area contributed by atoms with Gasteiger partial charge in [0.1, 0.15) is 5.75 Å². The summed E-state index contributed by atoms with van der Waals surface area (Å²) in [6.45, 7) is 5.25. The Bertz CT molecular complexity index is 1010. The quantitative estimate of drug-likeness (QED) is 0.649. The van der Waals surface area contributed by atoms with Crippen molar-refractivity contribution in [1.29, 1.82) is 0 Å². The van der Waals surface area contributed by atoms with E-state index in [9.17, 15) is 4.79 Å². The maximum atomic E-state index is 12.0. The third-order valence-corrected chi connectivity index (χ3v) is 5.69. The summed E-state index contributed by atoms with van der Waals surface area (Å²) in [6.07, 6.45) is 3.94. The molecule has 5 nitrogen and oxygen atoms in total. The average molecular weight is 389 g/mol. The molecule has 0 N–H and O–H groups in total. The number of hydrogen-bond acceptors (Lipinski definition) is 3. The summed E-state index contributed by atoms with van der Waals surface area (Å²) in [7, 11) is 1.71. The summed E-state index contributed by atoms with van der Waals surface area (Å²) in [5.41, 5.74) is 5.23. The lowest BCUT2D eigenvalue weighted by molar-refractivity contribution is -0.130. The first-order valence-corrected chi connectivity index (χ1v) is 10.1. The fourth-order valence-electron chi connectivity index (χ4n) is 4.17. The Morgan fingerprint density at radius 2 is 1.97 bits per heavy atom. The molecule has 1 aliphatic rings.